The van der Waals surface area contributed by atoms with Crippen molar-refractivity contribution in [2.75, 3.05) is 6.54 Å². The SMILES string of the molecule is [N-]=[N+]=NCC=Cc1cccc(O)c1C=O. The summed E-state index contributed by atoms with van der Waals surface area (Å²) in [6, 6.07) is 4.76. The van der Waals surface area contributed by atoms with Crippen molar-refractivity contribution < 1.29 is 9.90 Å². The van der Waals surface area contributed by atoms with Crippen LogP contribution in [0.15, 0.2) is 29.4 Å². The summed E-state index contributed by atoms with van der Waals surface area (Å²) in [5.41, 5.74) is 8.86. The summed E-state index contributed by atoms with van der Waals surface area (Å²) < 4.78 is 0. The third-order valence-corrected chi connectivity index (χ3v) is 1.78. The monoisotopic (exact) mass is 203 g/mol. The number of carbonyl (C=O) groups is 1. The van der Waals surface area contributed by atoms with Crippen molar-refractivity contribution >= 4 is 12.4 Å². The number of nitrogens with zero attached hydrogens (tertiary/aromatic N) is 3. The molecule has 1 aromatic carbocycles. The van der Waals surface area contributed by atoms with Crippen molar-refractivity contribution in [1.82, 2.24) is 0 Å². The van der Waals surface area contributed by atoms with Gasteiger partial charge < -0.3 is 5.11 Å². The Morgan fingerprint density at radius 1 is 1.53 bits per heavy atom. The minimum Gasteiger partial charge on any atom is -0.507 e. The number of benzene rings is 1. The smallest absolute Gasteiger partial charge is 0.154 e. The summed E-state index contributed by atoms with van der Waals surface area (Å²) in [7, 11) is 0. The van der Waals surface area contributed by atoms with Gasteiger partial charge in [-0.05, 0) is 17.2 Å². The molecule has 15 heavy (non-hydrogen) atoms. The number of hydrogen-bond donors (Lipinski definition) is 1. The molecule has 0 atom stereocenters. The van der Waals surface area contributed by atoms with Crippen LogP contribution in [-0.4, -0.2) is 17.9 Å². The molecule has 0 aromatic heterocycles. The maximum Gasteiger partial charge on any atom is 0.154 e. The van der Waals surface area contributed by atoms with E-state index in [0.29, 0.717) is 11.8 Å². The van der Waals surface area contributed by atoms with Gasteiger partial charge in [0.2, 0.25) is 0 Å². The lowest BCUT2D eigenvalue weighted by Crippen LogP contribution is -1.86. The zero-order valence-corrected chi connectivity index (χ0v) is 7.87. The van der Waals surface area contributed by atoms with E-state index in [1.807, 2.05) is 0 Å². The maximum atomic E-state index is 10.7. The van der Waals surface area contributed by atoms with Crippen LogP contribution in [-0.2, 0) is 0 Å². The van der Waals surface area contributed by atoms with E-state index in [2.05, 4.69) is 10.0 Å². The van der Waals surface area contributed by atoms with Gasteiger partial charge >= 0.3 is 0 Å². The Kier molecular flexibility index (Phi) is 3.94. The fraction of sp³-hybridized carbons (Fsp3) is 0.100. The van der Waals surface area contributed by atoms with Gasteiger partial charge in [-0.3, -0.25) is 4.79 Å². The minimum absolute atomic E-state index is 0.0593. The lowest BCUT2D eigenvalue weighted by molar-refractivity contribution is 0.112. The highest BCUT2D eigenvalue weighted by molar-refractivity contribution is 5.85. The van der Waals surface area contributed by atoms with Gasteiger partial charge in [0.1, 0.15) is 5.75 Å². The first-order valence-electron chi connectivity index (χ1n) is 4.24. The predicted octanol–water partition coefficient (Wildman–Crippen LogP) is 2.53. The molecule has 5 heteroatoms. The molecule has 0 unspecified atom stereocenters. The number of aromatic hydroxyl groups is 1. The van der Waals surface area contributed by atoms with Crippen molar-refractivity contribution in [2.45, 2.75) is 0 Å². The molecule has 1 rings (SSSR count). The number of hydrogen-bond acceptors (Lipinski definition) is 3. The second-order valence-electron chi connectivity index (χ2n) is 2.71. The fourth-order valence-electron chi connectivity index (χ4n) is 1.11. The normalized spacial score (nSPS) is 9.87. The molecule has 76 valence electrons. The molecule has 1 N–H and O–H groups in total. The van der Waals surface area contributed by atoms with Crippen LogP contribution >= 0.6 is 0 Å². The van der Waals surface area contributed by atoms with Gasteiger partial charge in [-0.2, -0.15) is 0 Å². The van der Waals surface area contributed by atoms with Crippen LogP contribution in [0.2, 0.25) is 0 Å². The standard InChI is InChI=1S/C10H9N3O2/c11-13-12-6-2-4-8-3-1-5-10(15)9(8)7-14/h1-5,7,15H,6H2. The van der Waals surface area contributed by atoms with Crippen molar-refractivity contribution in [3.05, 3.63) is 45.8 Å². The van der Waals surface area contributed by atoms with E-state index in [1.54, 1.807) is 24.3 Å². The first kappa shape index (κ1) is 10.8. The second kappa shape index (κ2) is 5.47. The molecule has 0 amide bonds. The van der Waals surface area contributed by atoms with E-state index in [0.717, 1.165) is 0 Å². The molecule has 0 bridgehead atoms. The third-order valence-electron chi connectivity index (χ3n) is 1.78. The van der Waals surface area contributed by atoms with E-state index in [1.165, 1.54) is 6.07 Å². The number of phenols is 1. The summed E-state index contributed by atoms with van der Waals surface area (Å²) >= 11 is 0. The molecule has 0 saturated carbocycles. The third kappa shape index (κ3) is 2.86. The van der Waals surface area contributed by atoms with E-state index < -0.39 is 0 Å². The van der Waals surface area contributed by atoms with Crippen LogP contribution < -0.4 is 0 Å². The van der Waals surface area contributed by atoms with Crippen molar-refractivity contribution in [2.24, 2.45) is 5.11 Å². The number of aldehydes is 1. The van der Waals surface area contributed by atoms with Gasteiger partial charge in [-0.1, -0.05) is 29.4 Å². The van der Waals surface area contributed by atoms with Crippen molar-refractivity contribution in [1.29, 1.82) is 0 Å². The summed E-state index contributed by atoms with van der Waals surface area (Å²) in [6.07, 6.45) is 3.82. The molecule has 0 aliphatic heterocycles. The molecule has 1 aromatic rings. The number of rotatable bonds is 4. The fourth-order valence-corrected chi connectivity index (χ4v) is 1.11. The summed E-state index contributed by atoms with van der Waals surface area (Å²) in [4.78, 5) is 13.2. The van der Waals surface area contributed by atoms with Crippen LogP contribution in [0.5, 0.6) is 5.75 Å². The van der Waals surface area contributed by atoms with Crippen LogP contribution in [0.1, 0.15) is 15.9 Å². The van der Waals surface area contributed by atoms with Crippen LogP contribution in [0.3, 0.4) is 0 Å². The van der Waals surface area contributed by atoms with E-state index >= 15 is 0 Å². The maximum absolute atomic E-state index is 10.7. The highest BCUT2D eigenvalue weighted by Gasteiger charge is 2.02. The first-order chi connectivity index (χ1) is 7.29. The quantitative estimate of drug-likeness (QED) is 0.353. The number of phenolic OH excluding ortho intramolecular Hbond substituents is 1. The Morgan fingerprint density at radius 3 is 3.00 bits per heavy atom. The molecule has 0 radical (unpaired) electrons. The van der Waals surface area contributed by atoms with Gasteiger partial charge in [0.25, 0.3) is 0 Å². The van der Waals surface area contributed by atoms with Gasteiger partial charge in [-0.15, -0.1) is 0 Å². The minimum atomic E-state index is -0.0593. The molecule has 0 aliphatic rings. The summed E-state index contributed by atoms with van der Waals surface area (Å²) in [5.74, 6) is -0.0593. The average molecular weight is 203 g/mol. The van der Waals surface area contributed by atoms with E-state index in [9.17, 15) is 9.90 Å². The average Bonchev–Trinajstić information content (AvgIpc) is 2.24. The summed E-state index contributed by atoms with van der Waals surface area (Å²) in [6.45, 7) is 0.213. The Bertz CT molecular complexity index is 434. The predicted molar refractivity (Wildman–Crippen MR) is 56.5 cm³/mol. The molecule has 0 fully saturated rings. The van der Waals surface area contributed by atoms with Crippen molar-refractivity contribution in [3.63, 3.8) is 0 Å². The van der Waals surface area contributed by atoms with Gasteiger partial charge in [-0.25, -0.2) is 0 Å². The van der Waals surface area contributed by atoms with Crippen LogP contribution in [0.4, 0.5) is 0 Å². The van der Waals surface area contributed by atoms with Gasteiger partial charge in [0.05, 0.1) is 5.56 Å². The van der Waals surface area contributed by atoms with E-state index in [-0.39, 0.29) is 17.9 Å². The zero-order chi connectivity index (χ0) is 11.1. The zero-order valence-electron chi connectivity index (χ0n) is 7.87. The van der Waals surface area contributed by atoms with Crippen molar-refractivity contribution in [3.8, 4) is 5.75 Å². The highest BCUT2D eigenvalue weighted by atomic mass is 16.3. The van der Waals surface area contributed by atoms with Crippen LogP contribution in [0.25, 0.3) is 16.5 Å². The molecular weight excluding hydrogens is 194 g/mol. The second-order valence-corrected chi connectivity index (χ2v) is 2.71. The lowest BCUT2D eigenvalue weighted by Gasteiger charge is -2.00. The van der Waals surface area contributed by atoms with Gasteiger partial charge in [0, 0.05) is 11.5 Å². The van der Waals surface area contributed by atoms with Crippen LogP contribution in [0, 0.1) is 0 Å². The van der Waals surface area contributed by atoms with E-state index in [4.69, 9.17) is 5.53 Å². The number of azide groups is 1. The highest BCUT2D eigenvalue weighted by Crippen LogP contribution is 2.19. The first-order valence-corrected chi connectivity index (χ1v) is 4.24. The topological polar surface area (TPSA) is 86.1 Å². The molecule has 0 saturated heterocycles. The molecular formula is C10H9N3O2. The summed E-state index contributed by atoms with van der Waals surface area (Å²) in [5, 5.41) is 12.7. The Hall–Kier alpha value is -2.26. The Morgan fingerprint density at radius 2 is 2.33 bits per heavy atom. The Balaban J connectivity index is 2.93. The lowest BCUT2D eigenvalue weighted by atomic mass is 10.1. The molecule has 0 heterocycles. The largest absolute Gasteiger partial charge is 0.507 e. The molecule has 0 aliphatic carbocycles. The molecule has 5 nitrogen and oxygen atoms in total. The Labute approximate surface area is 86.3 Å². The molecule has 0 spiro atoms. The van der Waals surface area contributed by atoms with Gasteiger partial charge in [0.15, 0.2) is 6.29 Å². The number of carbonyl (C=O) groups excluding carboxylic acids is 1.